The van der Waals surface area contributed by atoms with Gasteiger partial charge in [0.25, 0.3) is 0 Å². The summed E-state index contributed by atoms with van der Waals surface area (Å²) in [5.74, 6) is 2.02. The Balaban J connectivity index is 1.89. The van der Waals surface area contributed by atoms with Gasteiger partial charge in [0.2, 0.25) is 5.88 Å². The Kier molecular flexibility index (Phi) is 8.12. The van der Waals surface area contributed by atoms with Crippen LogP contribution in [0.15, 0.2) is 23.3 Å². The van der Waals surface area contributed by atoms with E-state index in [2.05, 4.69) is 46.3 Å². The summed E-state index contributed by atoms with van der Waals surface area (Å²) in [4.78, 5) is 11.2. The molecule has 26 heavy (non-hydrogen) atoms. The molecule has 0 aliphatic carbocycles. The van der Waals surface area contributed by atoms with Crippen LogP contribution in [0.2, 0.25) is 0 Å². The largest absolute Gasteiger partial charge is 0.475 e. The van der Waals surface area contributed by atoms with Crippen LogP contribution in [-0.2, 0) is 11.3 Å². The van der Waals surface area contributed by atoms with Gasteiger partial charge in [0, 0.05) is 57.6 Å². The van der Waals surface area contributed by atoms with E-state index in [1.807, 2.05) is 12.1 Å². The van der Waals surface area contributed by atoms with Gasteiger partial charge in [-0.3, -0.25) is 9.89 Å². The molecule has 1 fully saturated rings. The van der Waals surface area contributed by atoms with Crippen molar-refractivity contribution >= 4 is 5.96 Å². The van der Waals surface area contributed by atoms with Crippen LogP contribution in [0.3, 0.4) is 0 Å². The molecular weight excluding hydrogens is 330 g/mol. The zero-order valence-corrected chi connectivity index (χ0v) is 16.7. The third-order valence-electron chi connectivity index (χ3n) is 4.74. The average Bonchev–Trinajstić information content (AvgIpc) is 3.00. The van der Waals surface area contributed by atoms with Crippen LogP contribution in [0.25, 0.3) is 0 Å². The first-order valence-corrected chi connectivity index (χ1v) is 9.32. The first kappa shape index (κ1) is 20.5. The molecule has 2 heterocycles. The van der Waals surface area contributed by atoms with E-state index in [0.29, 0.717) is 43.6 Å². The molecule has 0 radical (unpaired) electrons. The van der Waals surface area contributed by atoms with Gasteiger partial charge in [0.1, 0.15) is 6.61 Å². The van der Waals surface area contributed by atoms with E-state index in [1.165, 1.54) is 0 Å². The third kappa shape index (κ3) is 5.85. The molecule has 2 N–H and O–H groups in total. The van der Waals surface area contributed by atoms with E-state index in [0.717, 1.165) is 24.6 Å². The van der Waals surface area contributed by atoms with Crippen LogP contribution in [0.5, 0.6) is 5.88 Å². The highest BCUT2D eigenvalue weighted by Gasteiger charge is 2.31. The molecule has 7 nitrogen and oxygen atoms in total. The molecule has 1 aliphatic heterocycles. The molecule has 1 aliphatic rings. The highest BCUT2D eigenvalue weighted by atomic mass is 16.5. The maximum Gasteiger partial charge on any atom is 0.218 e. The molecule has 2 rings (SSSR count). The molecular formula is C19H33N5O2. The molecule has 0 amide bonds. The summed E-state index contributed by atoms with van der Waals surface area (Å²) in [5.41, 5.74) is 0.995. The summed E-state index contributed by atoms with van der Waals surface area (Å²) in [5, 5.41) is 6.94. The monoisotopic (exact) mass is 363 g/mol. The lowest BCUT2D eigenvalue weighted by Crippen LogP contribution is -2.46. The van der Waals surface area contributed by atoms with Crippen LogP contribution in [0, 0.1) is 5.92 Å². The maximum absolute atomic E-state index is 5.69. The number of nitrogens with zero attached hydrogens (tertiary/aromatic N) is 3. The van der Waals surface area contributed by atoms with E-state index in [-0.39, 0.29) is 0 Å². The van der Waals surface area contributed by atoms with Crippen molar-refractivity contribution in [3.63, 3.8) is 0 Å². The molecule has 2 unspecified atom stereocenters. The summed E-state index contributed by atoms with van der Waals surface area (Å²) < 4.78 is 10.7. The Hall–Kier alpha value is -1.86. The molecule has 1 aromatic rings. The SMILES string of the molecule is CN=C(NCc1cccnc1OCCOC)NC1CN(C(C)C)CC1C. The fraction of sp³-hybridized carbons (Fsp3) is 0.684. The minimum absolute atomic E-state index is 0.398. The molecule has 1 saturated heterocycles. The number of rotatable bonds is 8. The number of likely N-dealkylation sites (tertiary alicyclic amines) is 1. The lowest BCUT2D eigenvalue weighted by Gasteiger charge is -2.22. The van der Waals surface area contributed by atoms with E-state index in [4.69, 9.17) is 9.47 Å². The molecule has 146 valence electrons. The van der Waals surface area contributed by atoms with Crippen molar-refractivity contribution in [2.45, 2.75) is 39.4 Å². The second kappa shape index (κ2) is 10.3. The molecule has 7 heteroatoms. The van der Waals surface area contributed by atoms with Crippen LogP contribution >= 0.6 is 0 Å². The van der Waals surface area contributed by atoms with Gasteiger partial charge in [-0.1, -0.05) is 13.0 Å². The number of pyridine rings is 1. The number of ether oxygens (including phenoxy) is 2. The van der Waals surface area contributed by atoms with Crippen molar-refractivity contribution in [3.05, 3.63) is 23.9 Å². The molecule has 0 spiro atoms. The summed E-state index contributed by atoms with van der Waals surface area (Å²) in [6.07, 6.45) is 1.74. The zero-order valence-electron chi connectivity index (χ0n) is 16.7. The Morgan fingerprint density at radius 3 is 2.85 bits per heavy atom. The zero-order chi connectivity index (χ0) is 18.9. The predicted molar refractivity (Wildman–Crippen MR) is 105 cm³/mol. The fourth-order valence-electron chi connectivity index (χ4n) is 3.07. The van der Waals surface area contributed by atoms with Crippen molar-refractivity contribution in [2.75, 3.05) is 40.5 Å². The Labute approximate surface area is 157 Å². The van der Waals surface area contributed by atoms with Gasteiger partial charge in [0.15, 0.2) is 5.96 Å². The first-order chi connectivity index (χ1) is 12.5. The first-order valence-electron chi connectivity index (χ1n) is 9.32. The molecule has 0 aromatic carbocycles. The number of guanidine groups is 1. The smallest absolute Gasteiger partial charge is 0.218 e. The maximum atomic E-state index is 5.69. The van der Waals surface area contributed by atoms with Gasteiger partial charge >= 0.3 is 0 Å². The lowest BCUT2D eigenvalue weighted by molar-refractivity contribution is 0.143. The van der Waals surface area contributed by atoms with E-state index < -0.39 is 0 Å². The van der Waals surface area contributed by atoms with Gasteiger partial charge in [-0.05, 0) is 25.8 Å². The minimum atomic E-state index is 0.398. The third-order valence-corrected chi connectivity index (χ3v) is 4.74. The van der Waals surface area contributed by atoms with Gasteiger partial charge in [-0.15, -0.1) is 0 Å². The molecule has 0 saturated carbocycles. The summed E-state index contributed by atoms with van der Waals surface area (Å²) in [7, 11) is 3.46. The van der Waals surface area contributed by atoms with Gasteiger partial charge in [-0.2, -0.15) is 0 Å². The predicted octanol–water partition coefficient (Wildman–Crippen LogP) is 1.50. The second-order valence-electron chi connectivity index (χ2n) is 7.01. The lowest BCUT2D eigenvalue weighted by atomic mass is 10.1. The topological polar surface area (TPSA) is 71.0 Å². The number of hydrogen-bond acceptors (Lipinski definition) is 5. The van der Waals surface area contributed by atoms with E-state index in [1.54, 1.807) is 20.4 Å². The Bertz CT molecular complexity index is 579. The van der Waals surface area contributed by atoms with Crippen molar-refractivity contribution in [1.82, 2.24) is 20.5 Å². The molecule has 2 atom stereocenters. The van der Waals surface area contributed by atoms with Crippen LogP contribution in [-0.4, -0.2) is 68.4 Å². The fourth-order valence-corrected chi connectivity index (χ4v) is 3.07. The van der Waals surface area contributed by atoms with Gasteiger partial charge in [0.05, 0.1) is 6.61 Å². The van der Waals surface area contributed by atoms with E-state index in [9.17, 15) is 0 Å². The molecule has 1 aromatic heterocycles. The number of aliphatic imine (C=N–C) groups is 1. The second-order valence-corrected chi connectivity index (χ2v) is 7.01. The minimum Gasteiger partial charge on any atom is -0.475 e. The Morgan fingerprint density at radius 1 is 1.38 bits per heavy atom. The van der Waals surface area contributed by atoms with Crippen molar-refractivity contribution < 1.29 is 9.47 Å². The normalized spacial score (nSPS) is 21.2. The highest BCUT2D eigenvalue weighted by Crippen LogP contribution is 2.19. The van der Waals surface area contributed by atoms with Crippen molar-refractivity contribution in [2.24, 2.45) is 10.9 Å². The van der Waals surface area contributed by atoms with Gasteiger partial charge < -0.3 is 20.1 Å². The highest BCUT2D eigenvalue weighted by molar-refractivity contribution is 5.80. The van der Waals surface area contributed by atoms with Crippen LogP contribution in [0.4, 0.5) is 0 Å². The molecule has 0 bridgehead atoms. The summed E-state index contributed by atoms with van der Waals surface area (Å²) in [6, 6.07) is 4.89. The summed E-state index contributed by atoms with van der Waals surface area (Å²) >= 11 is 0. The van der Waals surface area contributed by atoms with Crippen LogP contribution < -0.4 is 15.4 Å². The van der Waals surface area contributed by atoms with Crippen LogP contribution in [0.1, 0.15) is 26.3 Å². The number of aromatic nitrogens is 1. The summed E-state index contributed by atoms with van der Waals surface area (Å²) in [6.45, 7) is 10.6. The Morgan fingerprint density at radius 2 is 2.19 bits per heavy atom. The van der Waals surface area contributed by atoms with E-state index >= 15 is 0 Å². The van der Waals surface area contributed by atoms with Crippen molar-refractivity contribution in [1.29, 1.82) is 0 Å². The standard InChI is InChI=1S/C19H33N5O2/c1-14(2)24-12-15(3)17(13-24)23-19(20-4)22-11-16-7-6-8-21-18(16)26-10-9-25-5/h6-8,14-15,17H,9-13H2,1-5H3,(H2,20,22,23). The van der Waals surface area contributed by atoms with Crippen molar-refractivity contribution in [3.8, 4) is 5.88 Å². The van der Waals surface area contributed by atoms with Gasteiger partial charge in [-0.25, -0.2) is 4.98 Å². The number of methoxy groups -OCH3 is 1. The average molecular weight is 364 g/mol. The quantitative estimate of drug-likeness (QED) is 0.414. The number of hydrogen-bond donors (Lipinski definition) is 2. The number of nitrogens with one attached hydrogen (secondary N) is 2.